The van der Waals surface area contributed by atoms with Gasteiger partial charge in [-0.15, -0.1) is 0 Å². The Morgan fingerprint density at radius 3 is 3.00 bits per heavy atom. The third-order valence-electron chi connectivity index (χ3n) is 2.73. The van der Waals surface area contributed by atoms with E-state index in [0.29, 0.717) is 0 Å². The van der Waals surface area contributed by atoms with Gasteiger partial charge in [0.1, 0.15) is 0 Å². The highest BCUT2D eigenvalue weighted by Gasteiger charge is 2.17. The molecule has 2 aromatic heterocycles. The third-order valence-corrected chi connectivity index (χ3v) is 2.73. The number of aryl methyl sites for hydroxylation is 1. The Morgan fingerprint density at radius 1 is 1.27 bits per heavy atom. The number of rotatable bonds is 1. The molecule has 4 nitrogen and oxygen atoms in total. The van der Waals surface area contributed by atoms with Crippen LogP contribution in [0.5, 0.6) is 0 Å². The summed E-state index contributed by atoms with van der Waals surface area (Å²) in [5, 5.41) is 3.29. The van der Waals surface area contributed by atoms with Gasteiger partial charge in [-0.05, 0) is 19.1 Å². The van der Waals surface area contributed by atoms with Crippen molar-refractivity contribution in [2.24, 2.45) is 0 Å². The fourth-order valence-corrected chi connectivity index (χ4v) is 1.93. The van der Waals surface area contributed by atoms with Crippen molar-refractivity contribution in [3.05, 3.63) is 35.3 Å². The molecule has 0 saturated heterocycles. The summed E-state index contributed by atoms with van der Waals surface area (Å²) in [5.74, 6) is 0.792. The molecule has 2 aromatic rings. The SMILES string of the molecule is Cc1nc(-c2ccc[nH]2)nc2c1CNC2. The zero-order valence-corrected chi connectivity index (χ0v) is 8.54. The molecule has 1 aliphatic rings. The second-order valence-corrected chi connectivity index (χ2v) is 3.75. The van der Waals surface area contributed by atoms with Crippen molar-refractivity contribution in [2.75, 3.05) is 0 Å². The highest BCUT2D eigenvalue weighted by molar-refractivity contribution is 5.51. The number of H-pyrrole nitrogens is 1. The van der Waals surface area contributed by atoms with Gasteiger partial charge >= 0.3 is 0 Å². The zero-order chi connectivity index (χ0) is 10.3. The van der Waals surface area contributed by atoms with Crippen molar-refractivity contribution in [2.45, 2.75) is 20.0 Å². The molecule has 0 fully saturated rings. The minimum Gasteiger partial charge on any atom is -0.359 e. The van der Waals surface area contributed by atoms with Crippen molar-refractivity contribution < 1.29 is 0 Å². The molecule has 0 saturated carbocycles. The largest absolute Gasteiger partial charge is 0.359 e. The van der Waals surface area contributed by atoms with Gasteiger partial charge in [-0.25, -0.2) is 9.97 Å². The van der Waals surface area contributed by atoms with Crippen molar-refractivity contribution >= 4 is 0 Å². The summed E-state index contributed by atoms with van der Waals surface area (Å²) < 4.78 is 0. The summed E-state index contributed by atoms with van der Waals surface area (Å²) in [4.78, 5) is 12.2. The Kier molecular flexibility index (Phi) is 1.82. The number of fused-ring (bicyclic) bond motifs is 1. The van der Waals surface area contributed by atoms with Gasteiger partial charge in [0.2, 0.25) is 0 Å². The molecule has 3 rings (SSSR count). The van der Waals surface area contributed by atoms with Gasteiger partial charge in [0.05, 0.1) is 11.4 Å². The van der Waals surface area contributed by atoms with Crippen LogP contribution in [0.25, 0.3) is 11.5 Å². The lowest BCUT2D eigenvalue weighted by molar-refractivity contribution is 0.757. The van der Waals surface area contributed by atoms with Crippen LogP contribution in [-0.4, -0.2) is 15.0 Å². The van der Waals surface area contributed by atoms with Gasteiger partial charge in [0, 0.05) is 30.5 Å². The summed E-state index contributed by atoms with van der Waals surface area (Å²) in [6, 6.07) is 3.95. The molecule has 0 spiro atoms. The van der Waals surface area contributed by atoms with E-state index in [1.807, 2.05) is 25.3 Å². The van der Waals surface area contributed by atoms with E-state index in [9.17, 15) is 0 Å². The third kappa shape index (κ3) is 1.34. The molecule has 4 heteroatoms. The lowest BCUT2D eigenvalue weighted by Crippen LogP contribution is -2.00. The monoisotopic (exact) mass is 200 g/mol. The van der Waals surface area contributed by atoms with Gasteiger partial charge in [0.25, 0.3) is 0 Å². The van der Waals surface area contributed by atoms with Crippen LogP contribution in [0.3, 0.4) is 0 Å². The number of aromatic nitrogens is 3. The summed E-state index contributed by atoms with van der Waals surface area (Å²) in [6.07, 6.45) is 1.89. The van der Waals surface area contributed by atoms with Gasteiger partial charge in [-0.2, -0.15) is 0 Å². The minimum absolute atomic E-state index is 0.792. The van der Waals surface area contributed by atoms with E-state index in [4.69, 9.17) is 0 Å². The average molecular weight is 200 g/mol. The zero-order valence-electron chi connectivity index (χ0n) is 8.54. The van der Waals surface area contributed by atoms with Crippen molar-refractivity contribution in [3.63, 3.8) is 0 Å². The van der Waals surface area contributed by atoms with Crippen LogP contribution in [0.15, 0.2) is 18.3 Å². The molecule has 15 heavy (non-hydrogen) atoms. The molecule has 0 amide bonds. The number of hydrogen-bond acceptors (Lipinski definition) is 3. The van der Waals surface area contributed by atoms with Gasteiger partial charge < -0.3 is 10.3 Å². The van der Waals surface area contributed by atoms with Crippen molar-refractivity contribution in [1.29, 1.82) is 0 Å². The summed E-state index contributed by atoms with van der Waals surface area (Å²) in [7, 11) is 0. The molecule has 0 aromatic carbocycles. The van der Waals surface area contributed by atoms with E-state index >= 15 is 0 Å². The molecule has 0 bridgehead atoms. The van der Waals surface area contributed by atoms with Gasteiger partial charge in [0.15, 0.2) is 5.82 Å². The summed E-state index contributed by atoms with van der Waals surface area (Å²) in [6.45, 7) is 3.79. The Labute approximate surface area is 87.8 Å². The number of nitrogens with zero attached hydrogens (tertiary/aromatic N) is 2. The highest BCUT2D eigenvalue weighted by Crippen LogP contribution is 2.20. The summed E-state index contributed by atoms with van der Waals surface area (Å²) >= 11 is 0. The molecule has 2 N–H and O–H groups in total. The van der Waals surface area contributed by atoms with E-state index in [-0.39, 0.29) is 0 Å². The topological polar surface area (TPSA) is 53.6 Å². The molecule has 0 radical (unpaired) electrons. The first-order valence-corrected chi connectivity index (χ1v) is 5.05. The maximum Gasteiger partial charge on any atom is 0.176 e. The molecular formula is C11H12N4. The Morgan fingerprint density at radius 2 is 2.20 bits per heavy atom. The van der Waals surface area contributed by atoms with E-state index in [1.54, 1.807) is 0 Å². The fourth-order valence-electron chi connectivity index (χ4n) is 1.93. The molecule has 0 atom stereocenters. The van der Waals surface area contributed by atoms with Crippen LogP contribution in [0, 0.1) is 6.92 Å². The number of nitrogens with one attached hydrogen (secondary N) is 2. The minimum atomic E-state index is 0.792. The molecule has 0 unspecified atom stereocenters. The number of aromatic amines is 1. The second-order valence-electron chi connectivity index (χ2n) is 3.75. The smallest absolute Gasteiger partial charge is 0.176 e. The van der Waals surface area contributed by atoms with E-state index in [0.717, 1.165) is 36.0 Å². The Bertz CT molecular complexity index is 488. The molecule has 3 heterocycles. The van der Waals surface area contributed by atoms with Gasteiger partial charge in [-0.1, -0.05) is 0 Å². The van der Waals surface area contributed by atoms with Crippen LogP contribution in [0.1, 0.15) is 17.0 Å². The van der Waals surface area contributed by atoms with E-state index in [2.05, 4.69) is 20.3 Å². The van der Waals surface area contributed by atoms with Crippen LogP contribution in [0.4, 0.5) is 0 Å². The van der Waals surface area contributed by atoms with Crippen LogP contribution >= 0.6 is 0 Å². The first kappa shape index (κ1) is 8.61. The predicted molar refractivity (Wildman–Crippen MR) is 57.1 cm³/mol. The first-order valence-electron chi connectivity index (χ1n) is 5.05. The Balaban J connectivity index is 2.15. The molecule has 0 aliphatic carbocycles. The van der Waals surface area contributed by atoms with Crippen LogP contribution < -0.4 is 5.32 Å². The first-order chi connectivity index (χ1) is 7.34. The standard InChI is InChI=1S/C11H12N4/c1-7-8-5-12-6-10(8)15-11(14-7)9-3-2-4-13-9/h2-4,12-13H,5-6H2,1H3. The fraction of sp³-hybridized carbons (Fsp3) is 0.273. The van der Waals surface area contributed by atoms with Crippen molar-refractivity contribution in [1.82, 2.24) is 20.3 Å². The van der Waals surface area contributed by atoms with Crippen molar-refractivity contribution in [3.8, 4) is 11.5 Å². The van der Waals surface area contributed by atoms with Crippen LogP contribution in [-0.2, 0) is 13.1 Å². The number of hydrogen-bond donors (Lipinski definition) is 2. The van der Waals surface area contributed by atoms with Crippen LogP contribution in [0.2, 0.25) is 0 Å². The van der Waals surface area contributed by atoms with Gasteiger partial charge in [-0.3, -0.25) is 0 Å². The quantitative estimate of drug-likeness (QED) is 0.731. The normalized spacial score (nSPS) is 14.2. The van der Waals surface area contributed by atoms with E-state index < -0.39 is 0 Å². The highest BCUT2D eigenvalue weighted by atomic mass is 15.0. The lowest BCUT2D eigenvalue weighted by atomic mass is 10.2. The average Bonchev–Trinajstić information content (AvgIpc) is 2.88. The maximum atomic E-state index is 4.55. The molecule has 76 valence electrons. The molecular weight excluding hydrogens is 188 g/mol. The second kappa shape index (κ2) is 3.17. The maximum absolute atomic E-state index is 4.55. The predicted octanol–water partition coefficient (Wildman–Crippen LogP) is 1.38. The lowest BCUT2D eigenvalue weighted by Gasteiger charge is -2.04. The summed E-state index contributed by atoms with van der Waals surface area (Å²) in [5.41, 5.74) is 4.44. The Hall–Kier alpha value is -1.68. The molecule has 1 aliphatic heterocycles. The van der Waals surface area contributed by atoms with E-state index in [1.165, 1.54) is 5.56 Å².